The summed E-state index contributed by atoms with van der Waals surface area (Å²) in [7, 11) is 0. The second kappa shape index (κ2) is 6.26. The fourth-order valence-corrected chi connectivity index (χ4v) is 1.14. The molecule has 0 atom stereocenters. The Bertz CT molecular complexity index is 459. The molecule has 0 unspecified atom stereocenters. The van der Waals surface area contributed by atoms with Crippen LogP contribution in [0.1, 0.15) is 12.0 Å². The highest BCUT2D eigenvalue weighted by Gasteiger charge is 2.27. The Morgan fingerprint density at radius 1 is 1.28 bits per heavy atom. The third kappa shape index (κ3) is 5.06. The first-order valence-electron chi connectivity index (χ1n) is 5.10. The quantitative estimate of drug-likeness (QED) is 0.670. The molecular formula is C12H11F4NO. The summed E-state index contributed by atoms with van der Waals surface area (Å²) in [6.07, 6.45) is -5.41. The average molecular weight is 261 g/mol. The van der Waals surface area contributed by atoms with Gasteiger partial charge in [0.15, 0.2) is 0 Å². The first-order chi connectivity index (χ1) is 8.42. The van der Waals surface area contributed by atoms with Gasteiger partial charge in [0.1, 0.15) is 11.6 Å². The van der Waals surface area contributed by atoms with Crippen molar-refractivity contribution in [3.8, 4) is 17.6 Å². The minimum absolute atomic E-state index is 0.0137. The number of hydrogen-bond donors (Lipinski definition) is 1. The molecule has 1 aromatic carbocycles. The molecule has 0 saturated carbocycles. The fourth-order valence-electron chi connectivity index (χ4n) is 1.14. The van der Waals surface area contributed by atoms with Crippen molar-refractivity contribution in [3.63, 3.8) is 0 Å². The molecule has 0 aromatic heterocycles. The van der Waals surface area contributed by atoms with Crippen LogP contribution in [0.3, 0.4) is 0 Å². The van der Waals surface area contributed by atoms with Crippen molar-refractivity contribution in [2.45, 2.75) is 12.6 Å². The van der Waals surface area contributed by atoms with Crippen molar-refractivity contribution in [2.75, 3.05) is 13.2 Å². The van der Waals surface area contributed by atoms with Crippen molar-refractivity contribution >= 4 is 0 Å². The normalized spacial score (nSPS) is 10.7. The summed E-state index contributed by atoms with van der Waals surface area (Å²) in [6.45, 7) is -0.483. The lowest BCUT2D eigenvalue weighted by Gasteiger charge is -2.10. The Balaban J connectivity index is 2.76. The van der Waals surface area contributed by atoms with E-state index in [4.69, 9.17) is 10.5 Å². The van der Waals surface area contributed by atoms with Crippen LogP contribution in [-0.4, -0.2) is 19.3 Å². The highest BCUT2D eigenvalue weighted by Crippen LogP contribution is 2.23. The van der Waals surface area contributed by atoms with Crippen LogP contribution in [0, 0.1) is 17.7 Å². The van der Waals surface area contributed by atoms with Crippen molar-refractivity contribution in [3.05, 3.63) is 29.6 Å². The molecule has 0 radical (unpaired) electrons. The summed E-state index contributed by atoms with van der Waals surface area (Å²) in [5.74, 6) is 4.51. The zero-order valence-corrected chi connectivity index (χ0v) is 9.35. The maximum absolute atomic E-state index is 13.0. The number of nitrogens with two attached hydrogens (primary N) is 1. The minimum atomic E-state index is -4.31. The Kier molecular flexibility index (Phi) is 4.98. The molecule has 0 aliphatic rings. The maximum atomic E-state index is 13.0. The number of rotatable bonds is 3. The van der Waals surface area contributed by atoms with Crippen LogP contribution in [0.15, 0.2) is 18.2 Å². The number of hydrogen-bond acceptors (Lipinski definition) is 2. The SMILES string of the molecule is NCC#Cc1ccc(F)cc1OCCC(F)(F)F. The van der Waals surface area contributed by atoms with Crippen molar-refractivity contribution in [1.29, 1.82) is 0 Å². The van der Waals surface area contributed by atoms with Gasteiger partial charge in [0.25, 0.3) is 0 Å². The highest BCUT2D eigenvalue weighted by molar-refractivity contribution is 5.46. The van der Waals surface area contributed by atoms with Gasteiger partial charge < -0.3 is 10.5 Å². The largest absolute Gasteiger partial charge is 0.492 e. The minimum Gasteiger partial charge on any atom is -0.492 e. The van der Waals surface area contributed by atoms with E-state index in [1.807, 2.05) is 0 Å². The molecule has 0 aliphatic heterocycles. The molecule has 1 aromatic rings. The lowest BCUT2D eigenvalue weighted by atomic mass is 10.2. The van der Waals surface area contributed by atoms with E-state index >= 15 is 0 Å². The number of halogens is 4. The van der Waals surface area contributed by atoms with Gasteiger partial charge in [0, 0.05) is 6.07 Å². The summed E-state index contributed by atoms with van der Waals surface area (Å²) in [5.41, 5.74) is 5.49. The van der Waals surface area contributed by atoms with Gasteiger partial charge in [-0.1, -0.05) is 11.8 Å². The van der Waals surface area contributed by atoms with E-state index in [2.05, 4.69) is 11.8 Å². The second-order valence-corrected chi connectivity index (χ2v) is 3.36. The molecule has 0 aliphatic carbocycles. The zero-order chi connectivity index (χ0) is 13.6. The van der Waals surface area contributed by atoms with Gasteiger partial charge in [-0.15, -0.1) is 0 Å². The Labute approximate surface area is 102 Å². The van der Waals surface area contributed by atoms with Gasteiger partial charge in [-0.2, -0.15) is 13.2 Å². The summed E-state index contributed by atoms with van der Waals surface area (Å²) < 4.78 is 53.7. The van der Waals surface area contributed by atoms with Crippen LogP contribution in [0.4, 0.5) is 17.6 Å². The molecule has 2 N–H and O–H groups in total. The van der Waals surface area contributed by atoms with Crippen LogP contribution in [0.2, 0.25) is 0 Å². The fraction of sp³-hybridized carbons (Fsp3) is 0.333. The molecule has 98 valence electrons. The van der Waals surface area contributed by atoms with Crippen molar-refractivity contribution in [1.82, 2.24) is 0 Å². The van der Waals surface area contributed by atoms with E-state index in [9.17, 15) is 17.6 Å². The lowest BCUT2D eigenvalue weighted by Crippen LogP contribution is -2.13. The molecule has 0 saturated heterocycles. The summed E-state index contributed by atoms with van der Waals surface area (Å²) in [4.78, 5) is 0. The predicted molar refractivity (Wildman–Crippen MR) is 58.5 cm³/mol. The van der Waals surface area contributed by atoms with E-state index in [1.165, 1.54) is 6.07 Å². The maximum Gasteiger partial charge on any atom is 0.392 e. The van der Waals surface area contributed by atoms with Gasteiger partial charge in [-0.05, 0) is 12.1 Å². The van der Waals surface area contributed by atoms with Crippen LogP contribution in [0.5, 0.6) is 5.75 Å². The first kappa shape index (κ1) is 14.3. The summed E-state index contributed by atoms with van der Waals surface area (Å²) >= 11 is 0. The van der Waals surface area contributed by atoms with E-state index < -0.39 is 25.0 Å². The number of ether oxygens (including phenoxy) is 1. The third-order valence-corrected chi connectivity index (χ3v) is 1.91. The Morgan fingerprint density at radius 3 is 2.61 bits per heavy atom. The van der Waals surface area contributed by atoms with Gasteiger partial charge in [-0.3, -0.25) is 0 Å². The van der Waals surface area contributed by atoms with Gasteiger partial charge in [-0.25, -0.2) is 4.39 Å². The molecule has 1 rings (SSSR count). The first-order valence-corrected chi connectivity index (χ1v) is 5.10. The monoisotopic (exact) mass is 261 g/mol. The van der Waals surface area contributed by atoms with E-state index in [0.717, 1.165) is 12.1 Å². The topological polar surface area (TPSA) is 35.2 Å². The number of benzene rings is 1. The van der Waals surface area contributed by atoms with E-state index in [-0.39, 0.29) is 12.3 Å². The number of alkyl halides is 3. The molecule has 0 heterocycles. The molecule has 6 heteroatoms. The molecule has 0 spiro atoms. The van der Waals surface area contributed by atoms with Crippen molar-refractivity contribution in [2.24, 2.45) is 5.73 Å². The van der Waals surface area contributed by atoms with Crippen LogP contribution >= 0.6 is 0 Å². The van der Waals surface area contributed by atoms with Crippen LogP contribution in [-0.2, 0) is 0 Å². The standard InChI is InChI=1S/C12H11F4NO/c13-10-4-3-9(2-1-6-17)11(8-10)18-7-5-12(14,15)16/h3-4,8H,5-7,17H2. The van der Waals surface area contributed by atoms with Gasteiger partial charge in [0.2, 0.25) is 0 Å². The summed E-state index contributed by atoms with van der Waals surface area (Å²) in [6, 6.07) is 3.48. The van der Waals surface area contributed by atoms with Gasteiger partial charge in [0.05, 0.1) is 25.1 Å². The third-order valence-electron chi connectivity index (χ3n) is 1.91. The van der Waals surface area contributed by atoms with Gasteiger partial charge >= 0.3 is 6.18 Å². The highest BCUT2D eigenvalue weighted by atomic mass is 19.4. The zero-order valence-electron chi connectivity index (χ0n) is 9.35. The lowest BCUT2D eigenvalue weighted by molar-refractivity contribution is -0.139. The molecule has 0 fully saturated rings. The molecule has 0 amide bonds. The van der Waals surface area contributed by atoms with Crippen molar-refractivity contribution < 1.29 is 22.3 Å². The average Bonchev–Trinajstić information content (AvgIpc) is 2.26. The van der Waals surface area contributed by atoms with E-state index in [1.54, 1.807) is 0 Å². The van der Waals surface area contributed by atoms with Crippen LogP contribution in [0.25, 0.3) is 0 Å². The van der Waals surface area contributed by atoms with Crippen LogP contribution < -0.4 is 10.5 Å². The predicted octanol–water partition coefficient (Wildman–Crippen LogP) is 2.47. The molecule has 0 bridgehead atoms. The molecule has 18 heavy (non-hydrogen) atoms. The Morgan fingerprint density at radius 2 is 2.00 bits per heavy atom. The summed E-state index contributed by atoms with van der Waals surface area (Å²) in [5, 5.41) is 0. The second-order valence-electron chi connectivity index (χ2n) is 3.36. The Hall–Kier alpha value is -1.74. The molecular weight excluding hydrogens is 250 g/mol. The van der Waals surface area contributed by atoms with E-state index in [0.29, 0.717) is 5.56 Å². The smallest absolute Gasteiger partial charge is 0.392 e. The molecule has 2 nitrogen and oxygen atoms in total.